The van der Waals surface area contributed by atoms with Crippen molar-refractivity contribution in [2.45, 2.75) is 32.7 Å². The normalized spacial score (nSPS) is 12.4. The molecular weight excluding hydrogens is 203 g/mol. The Morgan fingerprint density at radius 2 is 2.31 bits per heavy atom. The van der Waals surface area contributed by atoms with Crippen LogP contribution >= 0.6 is 0 Å². The number of allylic oxidation sites excluding steroid dienone is 1. The van der Waals surface area contributed by atoms with Crippen LogP contribution in [0, 0.1) is 5.82 Å². The van der Waals surface area contributed by atoms with E-state index in [0.29, 0.717) is 0 Å². The van der Waals surface area contributed by atoms with E-state index in [4.69, 9.17) is 0 Å². The van der Waals surface area contributed by atoms with E-state index in [2.05, 4.69) is 16.9 Å². The number of aromatic nitrogens is 1. The molecule has 0 bridgehead atoms. The largest absolute Gasteiger partial charge is 0.310 e. The molecule has 88 valence electrons. The minimum Gasteiger partial charge on any atom is -0.310 e. The highest BCUT2D eigenvalue weighted by Gasteiger charge is 2.11. The van der Waals surface area contributed by atoms with Gasteiger partial charge >= 0.3 is 0 Å². The molecule has 0 saturated carbocycles. The van der Waals surface area contributed by atoms with Crippen LogP contribution in [0.5, 0.6) is 0 Å². The Morgan fingerprint density at radius 3 is 2.88 bits per heavy atom. The zero-order valence-electron chi connectivity index (χ0n) is 9.96. The topological polar surface area (TPSA) is 24.9 Å². The van der Waals surface area contributed by atoms with Crippen LogP contribution in [0.15, 0.2) is 30.6 Å². The summed E-state index contributed by atoms with van der Waals surface area (Å²) in [6, 6.07) is 1.70. The van der Waals surface area contributed by atoms with E-state index < -0.39 is 0 Å². The van der Waals surface area contributed by atoms with Gasteiger partial charge in [-0.05, 0) is 37.9 Å². The van der Waals surface area contributed by atoms with Crippen molar-refractivity contribution >= 4 is 0 Å². The molecule has 1 N–H and O–H groups in total. The van der Waals surface area contributed by atoms with Crippen molar-refractivity contribution in [3.8, 4) is 0 Å². The van der Waals surface area contributed by atoms with Crippen LogP contribution in [-0.2, 0) is 0 Å². The summed E-state index contributed by atoms with van der Waals surface area (Å²) in [7, 11) is 0. The Kier molecular flexibility index (Phi) is 5.12. The van der Waals surface area contributed by atoms with E-state index in [-0.39, 0.29) is 11.9 Å². The van der Waals surface area contributed by atoms with Gasteiger partial charge in [-0.3, -0.25) is 4.98 Å². The monoisotopic (exact) mass is 222 g/mol. The second-order valence-corrected chi connectivity index (χ2v) is 4.04. The standard InChI is InChI=1S/C13H19FN2/c1-4-16-13(6-5-10(2)3)11-7-12(14)9-15-8-11/h7-9,13,16H,2,4-6H2,1,3H3. The zero-order chi connectivity index (χ0) is 12.0. The van der Waals surface area contributed by atoms with Gasteiger partial charge in [0.2, 0.25) is 0 Å². The average molecular weight is 222 g/mol. The van der Waals surface area contributed by atoms with Crippen molar-refractivity contribution in [2.24, 2.45) is 0 Å². The lowest BCUT2D eigenvalue weighted by molar-refractivity contribution is 0.508. The molecule has 1 atom stereocenters. The molecule has 3 heteroatoms. The molecule has 1 aromatic heterocycles. The Bertz CT molecular complexity index is 350. The van der Waals surface area contributed by atoms with Crippen LogP contribution in [0.25, 0.3) is 0 Å². The fourth-order valence-electron chi connectivity index (χ4n) is 1.64. The van der Waals surface area contributed by atoms with Gasteiger partial charge in [-0.1, -0.05) is 12.5 Å². The Labute approximate surface area is 96.6 Å². The highest BCUT2D eigenvalue weighted by Crippen LogP contribution is 2.20. The van der Waals surface area contributed by atoms with Gasteiger partial charge in [0.15, 0.2) is 0 Å². The first-order valence-corrected chi connectivity index (χ1v) is 5.61. The maximum atomic E-state index is 13.1. The summed E-state index contributed by atoms with van der Waals surface area (Å²) >= 11 is 0. The summed E-state index contributed by atoms with van der Waals surface area (Å²) in [5.41, 5.74) is 2.05. The van der Waals surface area contributed by atoms with Crippen molar-refractivity contribution in [1.82, 2.24) is 10.3 Å². The number of nitrogens with one attached hydrogen (secondary N) is 1. The number of hydrogen-bond donors (Lipinski definition) is 1. The second kappa shape index (κ2) is 6.38. The predicted octanol–water partition coefficient (Wildman–Crippen LogP) is 3.23. The van der Waals surface area contributed by atoms with Crippen molar-refractivity contribution in [2.75, 3.05) is 6.54 Å². The third-order valence-corrected chi connectivity index (χ3v) is 2.44. The molecule has 0 aromatic carbocycles. The van der Waals surface area contributed by atoms with Crippen LogP contribution in [0.1, 0.15) is 38.3 Å². The van der Waals surface area contributed by atoms with Crippen molar-refractivity contribution in [3.63, 3.8) is 0 Å². The third kappa shape index (κ3) is 4.11. The van der Waals surface area contributed by atoms with Crippen molar-refractivity contribution in [1.29, 1.82) is 0 Å². The van der Waals surface area contributed by atoms with Gasteiger partial charge < -0.3 is 5.32 Å². The molecule has 0 spiro atoms. The molecule has 0 amide bonds. The Hall–Kier alpha value is -1.22. The minimum absolute atomic E-state index is 0.157. The van der Waals surface area contributed by atoms with Crippen LogP contribution in [0.3, 0.4) is 0 Å². The van der Waals surface area contributed by atoms with Gasteiger partial charge in [0.25, 0.3) is 0 Å². The molecule has 1 heterocycles. The number of hydrogen-bond acceptors (Lipinski definition) is 2. The molecule has 0 aliphatic rings. The average Bonchev–Trinajstić information content (AvgIpc) is 2.24. The van der Waals surface area contributed by atoms with Gasteiger partial charge in [-0.15, -0.1) is 6.58 Å². The number of rotatable bonds is 6. The summed E-state index contributed by atoms with van der Waals surface area (Å²) in [5, 5.41) is 3.33. The summed E-state index contributed by atoms with van der Waals surface area (Å²) in [4.78, 5) is 3.88. The van der Waals surface area contributed by atoms with Gasteiger partial charge in [-0.2, -0.15) is 0 Å². The lowest BCUT2D eigenvalue weighted by Crippen LogP contribution is -2.21. The van der Waals surface area contributed by atoms with Gasteiger partial charge in [0.1, 0.15) is 5.82 Å². The second-order valence-electron chi connectivity index (χ2n) is 4.04. The van der Waals surface area contributed by atoms with Crippen LogP contribution in [0.4, 0.5) is 4.39 Å². The molecule has 0 radical (unpaired) electrons. The maximum Gasteiger partial charge on any atom is 0.141 e. The number of halogens is 1. The van der Waals surface area contributed by atoms with E-state index in [9.17, 15) is 4.39 Å². The van der Waals surface area contributed by atoms with E-state index in [1.54, 1.807) is 12.3 Å². The van der Waals surface area contributed by atoms with E-state index in [1.165, 1.54) is 6.20 Å². The summed E-state index contributed by atoms with van der Waals surface area (Å²) in [5.74, 6) is -0.282. The van der Waals surface area contributed by atoms with Crippen LogP contribution in [0.2, 0.25) is 0 Å². The highest BCUT2D eigenvalue weighted by atomic mass is 19.1. The summed E-state index contributed by atoms with van der Waals surface area (Å²) < 4.78 is 13.1. The fraction of sp³-hybridized carbons (Fsp3) is 0.462. The summed E-state index contributed by atoms with van der Waals surface area (Å²) in [6.07, 6.45) is 4.81. The highest BCUT2D eigenvalue weighted by molar-refractivity contribution is 5.15. The molecule has 0 saturated heterocycles. The molecule has 2 nitrogen and oxygen atoms in total. The first kappa shape index (κ1) is 12.8. The first-order chi connectivity index (χ1) is 7.63. The van der Waals surface area contributed by atoms with Crippen molar-refractivity contribution in [3.05, 3.63) is 42.0 Å². The Balaban J connectivity index is 2.72. The number of pyridine rings is 1. The van der Waals surface area contributed by atoms with Crippen LogP contribution in [-0.4, -0.2) is 11.5 Å². The number of nitrogens with zero attached hydrogens (tertiary/aromatic N) is 1. The van der Waals surface area contributed by atoms with E-state index in [1.807, 2.05) is 13.8 Å². The van der Waals surface area contributed by atoms with E-state index >= 15 is 0 Å². The van der Waals surface area contributed by atoms with E-state index in [0.717, 1.165) is 30.5 Å². The predicted molar refractivity (Wildman–Crippen MR) is 64.7 cm³/mol. The molecule has 0 aliphatic carbocycles. The molecule has 0 aliphatic heterocycles. The SMILES string of the molecule is C=C(C)CCC(NCC)c1cncc(F)c1. The molecule has 1 unspecified atom stereocenters. The smallest absolute Gasteiger partial charge is 0.141 e. The molecular formula is C13H19FN2. The summed E-state index contributed by atoms with van der Waals surface area (Å²) in [6.45, 7) is 8.79. The van der Waals surface area contributed by atoms with Crippen molar-refractivity contribution < 1.29 is 4.39 Å². The quantitative estimate of drug-likeness (QED) is 0.747. The molecule has 0 fully saturated rings. The minimum atomic E-state index is -0.282. The Morgan fingerprint density at radius 1 is 1.56 bits per heavy atom. The lowest BCUT2D eigenvalue weighted by atomic mass is 10.0. The van der Waals surface area contributed by atoms with Gasteiger partial charge in [0, 0.05) is 12.2 Å². The molecule has 1 rings (SSSR count). The zero-order valence-corrected chi connectivity index (χ0v) is 9.96. The molecule has 16 heavy (non-hydrogen) atoms. The maximum absolute atomic E-state index is 13.1. The lowest BCUT2D eigenvalue weighted by Gasteiger charge is -2.18. The van der Waals surface area contributed by atoms with Gasteiger partial charge in [0.05, 0.1) is 6.20 Å². The fourth-order valence-corrected chi connectivity index (χ4v) is 1.64. The molecule has 1 aromatic rings. The van der Waals surface area contributed by atoms with Gasteiger partial charge in [-0.25, -0.2) is 4.39 Å². The third-order valence-electron chi connectivity index (χ3n) is 2.44. The first-order valence-electron chi connectivity index (χ1n) is 5.61. The van der Waals surface area contributed by atoms with Crippen LogP contribution < -0.4 is 5.32 Å².